The summed E-state index contributed by atoms with van der Waals surface area (Å²) < 4.78 is 12.3. The van der Waals surface area contributed by atoms with Gasteiger partial charge < -0.3 is 43.9 Å². The summed E-state index contributed by atoms with van der Waals surface area (Å²) in [5, 5.41) is 27.9. The molecule has 4 amide bonds. The zero-order valence-electron chi connectivity index (χ0n) is 74.8. The van der Waals surface area contributed by atoms with Crippen LogP contribution in [0.5, 0.6) is 0 Å². The van der Waals surface area contributed by atoms with Crippen LogP contribution < -0.4 is 19.6 Å². The first-order chi connectivity index (χ1) is 65.8. The number of rotatable bonds is 22. The molecule has 0 atom stereocenters. The fraction of sp³-hybridized carbons (Fsp3) is 0.303. The van der Waals surface area contributed by atoms with E-state index < -0.39 is 0 Å². The molecular formula is C99H104N30O5. The number of allylic oxidation sites excluding steroid dienone is 3. The van der Waals surface area contributed by atoms with E-state index in [1.54, 1.807) is 98.6 Å². The summed E-state index contributed by atoms with van der Waals surface area (Å²) in [6.07, 6.45) is 20.5. The number of piperazine rings is 4. The second-order valence-electron chi connectivity index (χ2n) is 32.8. The van der Waals surface area contributed by atoms with E-state index in [1.807, 2.05) is 166 Å². The van der Waals surface area contributed by atoms with Crippen LogP contribution in [0.3, 0.4) is 0 Å². The normalized spacial score (nSPS) is 15.2. The summed E-state index contributed by atoms with van der Waals surface area (Å²) in [4.78, 5) is 124. The number of aromatic nitrogens is 20. The molecule has 134 heavy (non-hydrogen) atoms. The number of nitrogens with zero attached hydrogens (tertiary/aromatic N) is 30. The van der Waals surface area contributed by atoms with Crippen LogP contribution in [0.2, 0.25) is 0 Å². The SMILES string of the molecule is C=C(C)c1nc(-c2ccccc2)nn1CC(=O)N1CCN(c2ncccn2)CC1.N#Cc1ccc(-c2nc(-c3ccccc3)nn2CC(=O)N2CCN(c3ncccn3)CC2)cc1.O=C(Cn1nc(-c2ccccc2)nc1-c1ccc(CN2CCOCC2)cc1)N1CCN(c2ncccn2)CC1.O=C(Cn1nc(-c2ccccc2)nc1C1=CCCCC1)N1CCN(c2ncccn2)CC1. The Morgan fingerprint density at radius 2 is 0.664 bits per heavy atom. The van der Waals surface area contributed by atoms with Crippen molar-refractivity contribution in [2.24, 2.45) is 0 Å². The quantitative estimate of drug-likeness (QED) is 0.0608. The maximum absolute atomic E-state index is 13.4. The number of benzene rings is 6. The number of amides is 4. The van der Waals surface area contributed by atoms with Crippen molar-refractivity contribution in [1.29, 1.82) is 5.26 Å². The third-order valence-electron chi connectivity index (χ3n) is 23.8. The molecule has 6 aliphatic rings. The molecule has 13 heterocycles. The number of anilines is 4. The molecule has 5 fully saturated rings. The molecule has 8 aromatic heterocycles. The Morgan fingerprint density at radius 3 is 0.993 bits per heavy atom. The predicted octanol–water partition coefficient (Wildman–Crippen LogP) is 10.4. The molecule has 35 nitrogen and oxygen atoms in total. The van der Waals surface area contributed by atoms with Gasteiger partial charge in [-0.15, -0.1) is 20.4 Å². The van der Waals surface area contributed by atoms with E-state index in [1.165, 1.54) is 17.6 Å². The van der Waals surface area contributed by atoms with E-state index in [2.05, 4.69) is 123 Å². The minimum absolute atomic E-state index is 0.0191. The maximum Gasteiger partial charge on any atom is 0.244 e. The molecule has 0 spiro atoms. The van der Waals surface area contributed by atoms with Gasteiger partial charge in [0.25, 0.3) is 0 Å². The summed E-state index contributed by atoms with van der Waals surface area (Å²) in [7, 11) is 0. The van der Waals surface area contributed by atoms with Crippen molar-refractivity contribution in [2.45, 2.75) is 65.3 Å². The van der Waals surface area contributed by atoms with Crippen molar-refractivity contribution in [3.63, 3.8) is 0 Å². The lowest BCUT2D eigenvalue weighted by molar-refractivity contribution is -0.133. The van der Waals surface area contributed by atoms with Gasteiger partial charge in [0, 0.05) is 207 Å². The molecule has 0 unspecified atom stereocenters. The van der Waals surface area contributed by atoms with Crippen LogP contribution in [0, 0.1) is 11.3 Å². The van der Waals surface area contributed by atoms with Crippen molar-refractivity contribution in [1.82, 2.24) is 123 Å². The van der Waals surface area contributed by atoms with Gasteiger partial charge in [0.2, 0.25) is 47.4 Å². The standard InChI is InChI=1S/C29H32N8O2.C25H22N8O.C24H27N7O.C21H23N7O/c38-26(35-13-15-36(16-14-35)29-30-11-4-12-31-29)22-37-28(32-27(33-37)24-5-2-1-3-6-24)25-9-7-23(8-10-25)21-34-17-19-39-20-18-34;26-17-19-7-9-21(10-8-19)24-29-23(20-5-2-1-3-6-20)30-33(24)18-22(34)31-13-15-32(16-14-31)25-27-11-4-12-28-25;32-21(29-14-16-30(17-15-29)24-25-12-7-13-26-24)18-31-23(20-10-5-2-6-11-20)27-22(28-31)19-8-3-1-4-9-19;1-16(2)20-24-19(17-7-4-3-5-8-17)25-28(20)15-18(29)26-11-13-27(14-12-26)21-22-9-6-10-23-21/h1-12H,13-22H2;1-12H,13-16,18H2;1,3-4,7-10,12-13H,2,5-6,11,14-18H2;3-10H,1,11-15H2,2H3. The Bertz CT molecular complexity index is 6270. The lowest BCUT2D eigenvalue weighted by Crippen LogP contribution is -2.50. The highest BCUT2D eigenvalue weighted by atomic mass is 16.5. The molecule has 35 heteroatoms. The summed E-state index contributed by atoms with van der Waals surface area (Å²) in [5.41, 5.74) is 9.20. The number of hydrogen-bond donors (Lipinski definition) is 0. The van der Waals surface area contributed by atoms with Gasteiger partial charge in [-0.05, 0) is 97.8 Å². The Hall–Kier alpha value is -15.8. The van der Waals surface area contributed by atoms with Crippen molar-refractivity contribution >= 4 is 58.6 Å². The maximum atomic E-state index is 13.4. The van der Waals surface area contributed by atoms with Gasteiger partial charge in [0.15, 0.2) is 46.6 Å². The van der Waals surface area contributed by atoms with Gasteiger partial charge in [0.05, 0.1) is 24.8 Å². The van der Waals surface area contributed by atoms with Crippen molar-refractivity contribution in [3.05, 3.63) is 279 Å². The molecule has 20 rings (SSSR count). The number of carbonyl (C=O) groups excluding carboxylic acids is 4. The van der Waals surface area contributed by atoms with E-state index in [-0.39, 0.29) is 49.8 Å². The highest BCUT2D eigenvalue weighted by Crippen LogP contribution is 2.31. The van der Waals surface area contributed by atoms with E-state index in [0.29, 0.717) is 156 Å². The van der Waals surface area contributed by atoms with Crippen molar-refractivity contribution < 1.29 is 23.9 Å². The molecule has 0 saturated carbocycles. The number of carbonyl (C=O) groups is 4. The Balaban J connectivity index is 0.000000125. The van der Waals surface area contributed by atoms with Gasteiger partial charge >= 0.3 is 0 Å². The minimum atomic E-state index is -0.0203. The van der Waals surface area contributed by atoms with Gasteiger partial charge in [-0.3, -0.25) is 24.1 Å². The molecular weight excluding hydrogens is 1690 g/mol. The molecule has 1 aliphatic carbocycles. The van der Waals surface area contributed by atoms with Gasteiger partial charge in [-0.2, -0.15) is 5.26 Å². The molecule has 6 aromatic carbocycles. The third kappa shape index (κ3) is 23.1. The third-order valence-corrected chi connectivity index (χ3v) is 23.8. The largest absolute Gasteiger partial charge is 0.379 e. The van der Waals surface area contributed by atoms with Crippen LogP contribution in [0.25, 0.3) is 79.5 Å². The number of morpholine rings is 1. The first-order valence-electron chi connectivity index (χ1n) is 45.3. The highest BCUT2D eigenvalue weighted by molar-refractivity contribution is 5.80. The van der Waals surface area contributed by atoms with Crippen LogP contribution in [0.4, 0.5) is 23.8 Å². The smallest absolute Gasteiger partial charge is 0.244 e. The molecule has 0 radical (unpaired) electrons. The number of ether oxygens (including phenoxy) is 1. The van der Waals surface area contributed by atoms with Crippen LogP contribution in [0.1, 0.15) is 55.4 Å². The zero-order valence-corrected chi connectivity index (χ0v) is 74.8. The van der Waals surface area contributed by atoms with E-state index in [4.69, 9.17) is 35.1 Å². The fourth-order valence-electron chi connectivity index (χ4n) is 16.5. The highest BCUT2D eigenvalue weighted by Gasteiger charge is 2.31. The second kappa shape index (κ2) is 44.2. The predicted molar refractivity (Wildman–Crippen MR) is 508 cm³/mol. The summed E-state index contributed by atoms with van der Waals surface area (Å²) in [6.45, 7) is 21.3. The van der Waals surface area contributed by atoms with Gasteiger partial charge in [0.1, 0.15) is 26.2 Å². The molecule has 0 N–H and O–H groups in total. The van der Waals surface area contributed by atoms with Crippen molar-refractivity contribution in [3.8, 4) is 74.4 Å². The first-order valence-corrected chi connectivity index (χ1v) is 45.3. The van der Waals surface area contributed by atoms with Crippen molar-refractivity contribution in [2.75, 3.05) is 151 Å². The number of nitriles is 1. The van der Waals surface area contributed by atoms with Gasteiger partial charge in [-0.25, -0.2) is 78.5 Å². The van der Waals surface area contributed by atoms with E-state index in [9.17, 15) is 19.2 Å². The Labute approximate surface area is 776 Å². The van der Waals surface area contributed by atoms with E-state index >= 15 is 0 Å². The molecule has 5 saturated heterocycles. The van der Waals surface area contributed by atoms with E-state index in [0.717, 1.165) is 116 Å². The topological polar surface area (TPSA) is 356 Å². The Kier molecular flexibility index (Phi) is 29.7. The fourth-order valence-corrected chi connectivity index (χ4v) is 16.5. The van der Waals surface area contributed by atoms with Crippen LogP contribution in [0.15, 0.2) is 256 Å². The monoisotopic (exact) mass is 1790 g/mol. The average molecular weight is 1790 g/mol. The molecule has 5 aliphatic heterocycles. The summed E-state index contributed by atoms with van der Waals surface area (Å²) in [5.74, 6) is 8.08. The van der Waals surface area contributed by atoms with Crippen LogP contribution >= 0.6 is 0 Å². The molecule has 14 aromatic rings. The van der Waals surface area contributed by atoms with Crippen LogP contribution in [-0.2, 0) is 56.6 Å². The lowest BCUT2D eigenvalue weighted by atomic mass is 9.99. The number of hydrogen-bond acceptors (Lipinski definition) is 27. The minimum Gasteiger partial charge on any atom is -0.379 e. The summed E-state index contributed by atoms with van der Waals surface area (Å²) >= 11 is 0. The van der Waals surface area contributed by atoms with Gasteiger partial charge in [-0.1, -0.05) is 158 Å². The lowest BCUT2D eigenvalue weighted by Gasteiger charge is -2.34. The molecule has 680 valence electrons. The Morgan fingerprint density at radius 1 is 0.351 bits per heavy atom. The summed E-state index contributed by atoms with van der Waals surface area (Å²) in [6, 6.07) is 64.1. The zero-order chi connectivity index (χ0) is 91.7. The first kappa shape index (κ1) is 90.1. The average Bonchev–Trinajstić information content (AvgIpc) is 1.66. The van der Waals surface area contributed by atoms with Crippen LogP contribution in [-0.4, -0.2) is 278 Å². The molecule has 0 bridgehead atoms. The second-order valence-corrected chi connectivity index (χ2v) is 32.8.